The fourth-order valence-corrected chi connectivity index (χ4v) is 4.46. The number of pyridine rings is 1. The molecule has 1 aromatic carbocycles. The van der Waals surface area contributed by atoms with Crippen molar-refractivity contribution in [1.82, 2.24) is 14.8 Å². The summed E-state index contributed by atoms with van der Waals surface area (Å²) in [5.41, 5.74) is 1.94. The van der Waals surface area contributed by atoms with E-state index >= 15 is 0 Å². The number of hydrogen-bond acceptors (Lipinski definition) is 6. The Morgan fingerprint density at radius 3 is 2.55 bits per heavy atom. The Balaban J connectivity index is 1.24. The van der Waals surface area contributed by atoms with Crippen LogP contribution in [0.15, 0.2) is 29.1 Å². The van der Waals surface area contributed by atoms with Gasteiger partial charge in [0.1, 0.15) is 18.8 Å². The van der Waals surface area contributed by atoms with E-state index in [-0.39, 0.29) is 17.3 Å². The van der Waals surface area contributed by atoms with E-state index in [0.717, 1.165) is 30.0 Å². The van der Waals surface area contributed by atoms with Crippen molar-refractivity contribution in [2.75, 3.05) is 39.4 Å². The van der Waals surface area contributed by atoms with Crippen molar-refractivity contribution in [3.63, 3.8) is 0 Å². The predicted octanol–water partition coefficient (Wildman–Crippen LogP) is 1.62. The molecule has 1 aliphatic carbocycles. The Hall–Kier alpha value is -3.13. The van der Waals surface area contributed by atoms with Gasteiger partial charge in [0, 0.05) is 50.4 Å². The molecule has 5 rings (SSSR count). The third-order valence-electron chi connectivity index (χ3n) is 6.16. The van der Waals surface area contributed by atoms with Gasteiger partial charge in [-0.15, -0.1) is 0 Å². The van der Waals surface area contributed by atoms with Crippen LogP contribution in [0.5, 0.6) is 11.5 Å². The van der Waals surface area contributed by atoms with Crippen molar-refractivity contribution < 1.29 is 19.1 Å². The maximum Gasteiger partial charge on any atom is 0.261 e. The maximum absolute atomic E-state index is 13.0. The van der Waals surface area contributed by atoms with E-state index in [1.54, 1.807) is 4.90 Å². The first-order valence-electron chi connectivity index (χ1n) is 10.8. The first-order chi connectivity index (χ1) is 15.1. The number of piperazine rings is 1. The minimum atomic E-state index is -0.405. The maximum atomic E-state index is 13.0. The Bertz CT molecular complexity index is 1090. The minimum Gasteiger partial charge on any atom is -0.486 e. The van der Waals surface area contributed by atoms with Crippen molar-refractivity contribution in [2.45, 2.75) is 25.8 Å². The standard InChI is InChI=1S/C23H25N3O5/c27-19-3-1-2-18-16(19)13-17(22(28)24-18)23(29)26-8-6-25(7-9-26)14-15-4-5-20-21(12-15)31-11-10-30-20/h4-5,12-13H,1-3,6-11,14H2,(H,24,28). The van der Waals surface area contributed by atoms with Gasteiger partial charge in [-0.1, -0.05) is 6.07 Å². The first-order valence-corrected chi connectivity index (χ1v) is 10.8. The lowest BCUT2D eigenvalue weighted by Crippen LogP contribution is -2.49. The number of ketones is 1. The van der Waals surface area contributed by atoms with Crippen LogP contribution in [0, 0.1) is 0 Å². The number of amides is 1. The molecule has 0 radical (unpaired) electrons. The molecule has 2 aromatic rings. The number of Topliss-reactive ketones (excluding diaryl/α,β-unsaturated/α-hetero) is 1. The summed E-state index contributed by atoms with van der Waals surface area (Å²) in [6.07, 6.45) is 1.87. The van der Waals surface area contributed by atoms with Crippen molar-refractivity contribution in [3.05, 3.63) is 57.0 Å². The van der Waals surface area contributed by atoms with Crippen LogP contribution in [-0.4, -0.2) is 65.9 Å². The third kappa shape index (κ3) is 3.95. The van der Waals surface area contributed by atoms with Crippen molar-refractivity contribution in [2.24, 2.45) is 0 Å². The molecule has 1 N–H and O–H groups in total. The molecule has 0 unspecified atom stereocenters. The van der Waals surface area contributed by atoms with Crippen LogP contribution in [0.1, 0.15) is 44.8 Å². The molecule has 0 saturated carbocycles. The van der Waals surface area contributed by atoms with Gasteiger partial charge in [0.15, 0.2) is 17.3 Å². The van der Waals surface area contributed by atoms with Gasteiger partial charge in [0.25, 0.3) is 11.5 Å². The molecule has 1 saturated heterocycles. The van der Waals surface area contributed by atoms with Crippen LogP contribution < -0.4 is 15.0 Å². The number of carbonyl (C=O) groups excluding carboxylic acids is 2. The molecule has 2 aliphatic heterocycles. The molecule has 8 nitrogen and oxygen atoms in total. The van der Waals surface area contributed by atoms with Crippen molar-refractivity contribution in [3.8, 4) is 11.5 Å². The van der Waals surface area contributed by atoms with Gasteiger partial charge in [-0.05, 0) is 36.6 Å². The van der Waals surface area contributed by atoms with E-state index in [1.807, 2.05) is 18.2 Å². The Morgan fingerprint density at radius 2 is 1.74 bits per heavy atom. The molecule has 31 heavy (non-hydrogen) atoms. The second-order valence-corrected chi connectivity index (χ2v) is 8.23. The summed E-state index contributed by atoms with van der Waals surface area (Å²) in [6, 6.07) is 7.48. The van der Waals surface area contributed by atoms with E-state index in [2.05, 4.69) is 9.88 Å². The topological polar surface area (TPSA) is 91.9 Å². The number of aromatic nitrogens is 1. The van der Waals surface area contributed by atoms with Crippen LogP contribution in [0.4, 0.5) is 0 Å². The van der Waals surface area contributed by atoms with Crippen LogP contribution in [-0.2, 0) is 13.0 Å². The van der Waals surface area contributed by atoms with Crippen LogP contribution in [0.2, 0.25) is 0 Å². The highest BCUT2D eigenvalue weighted by atomic mass is 16.6. The number of fused-ring (bicyclic) bond motifs is 2. The fraction of sp³-hybridized carbons (Fsp3) is 0.435. The van der Waals surface area contributed by atoms with Gasteiger partial charge in [0.05, 0.1) is 0 Å². The predicted molar refractivity (Wildman–Crippen MR) is 113 cm³/mol. The number of aryl methyl sites for hydroxylation is 1. The lowest BCUT2D eigenvalue weighted by atomic mass is 9.93. The number of carbonyl (C=O) groups is 2. The zero-order valence-electron chi connectivity index (χ0n) is 17.3. The summed E-state index contributed by atoms with van der Waals surface area (Å²) < 4.78 is 11.2. The van der Waals surface area contributed by atoms with Crippen LogP contribution >= 0.6 is 0 Å². The third-order valence-corrected chi connectivity index (χ3v) is 6.16. The lowest BCUT2D eigenvalue weighted by Gasteiger charge is -2.35. The Labute approximate surface area is 179 Å². The first kappa shape index (κ1) is 19.8. The summed E-state index contributed by atoms with van der Waals surface area (Å²) in [5.74, 6) is 1.25. The minimum absolute atomic E-state index is 0.00389. The number of nitrogens with zero attached hydrogens (tertiary/aromatic N) is 2. The van der Waals surface area contributed by atoms with Gasteiger partial charge < -0.3 is 19.4 Å². The average Bonchev–Trinajstić information content (AvgIpc) is 2.79. The summed E-state index contributed by atoms with van der Waals surface area (Å²) in [4.78, 5) is 44.4. The number of benzene rings is 1. The van der Waals surface area contributed by atoms with Crippen molar-refractivity contribution >= 4 is 11.7 Å². The lowest BCUT2D eigenvalue weighted by molar-refractivity contribution is 0.0626. The molecule has 3 aliphatic rings. The van der Waals surface area contributed by atoms with Crippen molar-refractivity contribution in [1.29, 1.82) is 0 Å². The average molecular weight is 423 g/mol. The number of aromatic amines is 1. The summed E-state index contributed by atoms with van der Waals surface area (Å²) in [6.45, 7) is 4.38. The smallest absolute Gasteiger partial charge is 0.261 e. The van der Waals surface area contributed by atoms with E-state index < -0.39 is 5.56 Å². The van der Waals surface area contributed by atoms with Gasteiger partial charge >= 0.3 is 0 Å². The highest BCUT2D eigenvalue weighted by Crippen LogP contribution is 2.31. The fourth-order valence-electron chi connectivity index (χ4n) is 4.46. The normalized spacial score (nSPS) is 18.6. The van der Waals surface area contributed by atoms with Gasteiger partial charge in [-0.25, -0.2) is 0 Å². The van der Waals surface area contributed by atoms with Gasteiger partial charge in [-0.2, -0.15) is 0 Å². The van der Waals surface area contributed by atoms with Gasteiger partial charge in [-0.3, -0.25) is 19.3 Å². The van der Waals surface area contributed by atoms with E-state index in [0.29, 0.717) is 63.5 Å². The molecule has 0 atom stereocenters. The quantitative estimate of drug-likeness (QED) is 0.807. The molecular formula is C23H25N3O5. The monoisotopic (exact) mass is 423 g/mol. The molecule has 1 fully saturated rings. The number of ether oxygens (including phenoxy) is 2. The SMILES string of the molecule is O=C1CCCc2[nH]c(=O)c(C(=O)N3CCN(Cc4ccc5c(c4)OCCO5)CC3)cc21. The molecule has 3 heterocycles. The molecule has 8 heteroatoms. The molecule has 162 valence electrons. The summed E-state index contributed by atoms with van der Waals surface area (Å²) in [5, 5.41) is 0. The summed E-state index contributed by atoms with van der Waals surface area (Å²) >= 11 is 0. The summed E-state index contributed by atoms with van der Waals surface area (Å²) in [7, 11) is 0. The number of H-pyrrole nitrogens is 1. The Morgan fingerprint density at radius 1 is 0.968 bits per heavy atom. The zero-order chi connectivity index (χ0) is 21.4. The molecule has 1 aromatic heterocycles. The zero-order valence-corrected chi connectivity index (χ0v) is 17.3. The molecular weight excluding hydrogens is 398 g/mol. The van der Waals surface area contributed by atoms with E-state index in [4.69, 9.17) is 9.47 Å². The highest BCUT2D eigenvalue weighted by Gasteiger charge is 2.27. The second kappa shape index (κ2) is 8.19. The number of rotatable bonds is 3. The van der Waals surface area contributed by atoms with Gasteiger partial charge in [0.2, 0.25) is 0 Å². The second-order valence-electron chi connectivity index (χ2n) is 8.23. The van der Waals surface area contributed by atoms with Crippen LogP contribution in [0.25, 0.3) is 0 Å². The van der Waals surface area contributed by atoms with Crippen LogP contribution in [0.3, 0.4) is 0 Å². The molecule has 0 bridgehead atoms. The Kier molecular flexibility index (Phi) is 5.23. The highest BCUT2D eigenvalue weighted by molar-refractivity contribution is 6.01. The number of hydrogen-bond donors (Lipinski definition) is 1. The van der Waals surface area contributed by atoms with E-state index in [1.165, 1.54) is 6.07 Å². The largest absolute Gasteiger partial charge is 0.486 e. The van der Waals surface area contributed by atoms with E-state index in [9.17, 15) is 14.4 Å². The number of nitrogens with one attached hydrogen (secondary N) is 1. The molecule has 0 spiro atoms. The molecule has 1 amide bonds.